The molecular weight excluding hydrogens is 338 g/mol. The zero-order chi connectivity index (χ0) is 15.2. The highest BCUT2D eigenvalue weighted by atomic mass is 79.9. The Labute approximate surface area is 129 Å². The third-order valence-corrected chi connectivity index (χ3v) is 3.22. The van der Waals surface area contributed by atoms with Crippen LogP contribution < -0.4 is 5.32 Å². The topological polar surface area (TPSA) is 92.2 Å². The highest BCUT2D eigenvalue weighted by Gasteiger charge is 2.21. The molecule has 0 spiro atoms. The van der Waals surface area contributed by atoms with Crippen molar-refractivity contribution in [2.45, 2.75) is 12.5 Å². The van der Waals surface area contributed by atoms with Crippen molar-refractivity contribution in [3.8, 4) is 0 Å². The van der Waals surface area contributed by atoms with Crippen molar-refractivity contribution >= 4 is 27.8 Å². The average Bonchev–Trinajstić information content (AvgIpc) is 2.48. The van der Waals surface area contributed by atoms with Gasteiger partial charge in [0.15, 0.2) is 0 Å². The molecule has 0 saturated heterocycles. The number of rotatable bonds is 5. The number of amides is 1. The van der Waals surface area contributed by atoms with Crippen LogP contribution in [0.1, 0.15) is 16.1 Å². The summed E-state index contributed by atoms with van der Waals surface area (Å²) in [6.07, 6.45) is 4.81. The van der Waals surface area contributed by atoms with Gasteiger partial charge in [0.05, 0.1) is 0 Å². The monoisotopic (exact) mass is 349 g/mol. The van der Waals surface area contributed by atoms with Crippen LogP contribution in [0.5, 0.6) is 0 Å². The summed E-state index contributed by atoms with van der Waals surface area (Å²) in [5, 5.41) is 11.7. The molecule has 1 amide bonds. The van der Waals surface area contributed by atoms with Crippen molar-refractivity contribution in [2.75, 3.05) is 0 Å². The molecule has 0 radical (unpaired) electrons. The second-order valence-corrected chi connectivity index (χ2v) is 5.20. The lowest BCUT2D eigenvalue weighted by Gasteiger charge is -2.14. The predicted octanol–water partition coefficient (Wildman–Crippen LogP) is 1.66. The van der Waals surface area contributed by atoms with Crippen molar-refractivity contribution in [3.63, 3.8) is 0 Å². The normalized spacial score (nSPS) is 11.7. The van der Waals surface area contributed by atoms with Crippen molar-refractivity contribution < 1.29 is 14.7 Å². The third kappa shape index (κ3) is 4.35. The van der Waals surface area contributed by atoms with E-state index in [2.05, 4.69) is 31.2 Å². The molecule has 0 bridgehead atoms. The number of carboxylic acids is 1. The number of carbonyl (C=O) groups excluding carboxylic acids is 1. The van der Waals surface area contributed by atoms with Crippen LogP contribution in [0.4, 0.5) is 0 Å². The Morgan fingerprint density at radius 1 is 1.24 bits per heavy atom. The van der Waals surface area contributed by atoms with E-state index in [0.29, 0.717) is 0 Å². The molecule has 0 aliphatic heterocycles. The molecule has 1 unspecified atom stereocenters. The molecule has 2 aromatic rings. The second-order valence-electron chi connectivity index (χ2n) is 4.29. The van der Waals surface area contributed by atoms with Crippen molar-refractivity contribution in [1.82, 2.24) is 15.3 Å². The van der Waals surface area contributed by atoms with E-state index in [0.717, 1.165) is 10.0 Å². The summed E-state index contributed by atoms with van der Waals surface area (Å²) in [7, 11) is 0. The van der Waals surface area contributed by atoms with Crippen molar-refractivity contribution in [3.05, 3.63) is 58.6 Å². The van der Waals surface area contributed by atoms with Gasteiger partial charge in [0.2, 0.25) is 0 Å². The van der Waals surface area contributed by atoms with Gasteiger partial charge in [-0.15, -0.1) is 0 Å². The van der Waals surface area contributed by atoms with E-state index in [4.69, 9.17) is 0 Å². The third-order valence-electron chi connectivity index (χ3n) is 2.75. The minimum Gasteiger partial charge on any atom is -0.480 e. The number of aliphatic carboxylic acids is 1. The van der Waals surface area contributed by atoms with Crippen LogP contribution in [0, 0.1) is 0 Å². The van der Waals surface area contributed by atoms with Gasteiger partial charge in [-0.25, -0.2) is 9.78 Å². The number of aromatic nitrogens is 2. The molecule has 7 heteroatoms. The molecule has 108 valence electrons. The number of carbonyl (C=O) groups is 2. The van der Waals surface area contributed by atoms with Gasteiger partial charge in [0, 0.05) is 29.5 Å². The van der Waals surface area contributed by atoms with E-state index in [1.54, 1.807) is 30.6 Å². The first-order valence-electron chi connectivity index (χ1n) is 6.10. The molecule has 6 nitrogen and oxygen atoms in total. The van der Waals surface area contributed by atoms with Crippen LogP contribution in [0.25, 0.3) is 0 Å². The van der Waals surface area contributed by atoms with Crippen LogP contribution >= 0.6 is 15.9 Å². The number of nitrogens with one attached hydrogen (secondary N) is 1. The maximum Gasteiger partial charge on any atom is 0.326 e. The first-order chi connectivity index (χ1) is 10.1. The number of halogens is 1. The first kappa shape index (κ1) is 15.1. The molecule has 0 saturated carbocycles. The minimum absolute atomic E-state index is 0.166. The molecule has 1 atom stereocenters. The molecule has 21 heavy (non-hydrogen) atoms. The van der Waals surface area contributed by atoms with E-state index in [1.807, 2.05) is 0 Å². The van der Waals surface area contributed by atoms with Gasteiger partial charge >= 0.3 is 5.97 Å². The largest absolute Gasteiger partial charge is 0.480 e. The maximum atomic E-state index is 12.0. The van der Waals surface area contributed by atoms with Gasteiger partial charge < -0.3 is 10.4 Å². The van der Waals surface area contributed by atoms with Gasteiger partial charge in [-0.1, -0.05) is 0 Å². The number of pyridine rings is 2. The molecule has 2 heterocycles. The Hall–Kier alpha value is -2.28. The Kier molecular flexibility index (Phi) is 4.99. The van der Waals surface area contributed by atoms with Gasteiger partial charge in [0.1, 0.15) is 11.7 Å². The van der Waals surface area contributed by atoms with E-state index in [1.165, 1.54) is 12.3 Å². The van der Waals surface area contributed by atoms with Crippen LogP contribution in [0.3, 0.4) is 0 Å². The minimum atomic E-state index is -1.10. The molecule has 2 N–H and O–H groups in total. The number of hydrogen-bond donors (Lipinski definition) is 2. The van der Waals surface area contributed by atoms with Crippen molar-refractivity contribution in [2.24, 2.45) is 0 Å². The summed E-state index contributed by atoms with van der Waals surface area (Å²) in [5.41, 5.74) is 0.945. The van der Waals surface area contributed by atoms with Gasteiger partial charge in [-0.3, -0.25) is 9.78 Å². The van der Waals surface area contributed by atoms with Crippen LogP contribution in [-0.2, 0) is 11.2 Å². The van der Waals surface area contributed by atoms with E-state index >= 15 is 0 Å². The smallest absolute Gasteiger partial charge is 0.326 e. The number of nitrogens with zero attached hydrogens (tertiary/aromatic N) is 2. The standard InChI is InChI=1S/C14H12BrN3O3/c15-10-1-2-11(17-8-10)13(19)18-12(14(20)21)7-9-3-5-16-6-4-9/h1-6,8,12H,7H2,(H,18,19)(H,20,21). The van der Waals surface area contributed by atoms with E-state index < -0.39 is 17.9 Å². The Morgan fingerprint density at radius 3 is 2.52 bits per heavy atom. The van der Waals surface area contributed by atoms with E-state index in [9.17, 15) is 14.7 Å². The molecule has 2 aromatic heterocycles. The predicted molar refractivity (Wildman–Crippen MR) is 78.8 cm³/mol. The average molecular weight is 350 g/mol. The molecule has 0 aliphatic rings. The zero-order valence-electron chi connectivity index (χ0n) is 10.9. The van der Waals surface area contributed by atoms with Gasteiger partial charge in [-0.2, -0.15) is 0 Å². The highest BCUT2D eigenvalue weighted by molar-refractivity contribution is 9.10. The maximum absolute atomic E-state index is 12.0. The quantitative estimate of drug-likeness (QED) is 0.856. The Bertz CT molecular complexity index is 632. The van der Waals surface area contributed by atoms with Gasteiger partial charge in [0.25, 0.3) is 5.91 Å². The summed E-state index contributed by atoms with van der Waals surface area (Å²) in [5.74, 6) is -1.62. The number of carboxylic acid groups (broad SMARTS) is 1. The fraction of sp³-hybridized carbons (Fsp3) is 0.143. The zero-order valence-corrected chi connectivity index (χ0v) is 12.4. The summed E-state index contributed by atoms with van der Waals surface area (Å²) in [6, 6.07) is 5.58. The fourth-order valence-corrected chi connectivity index (χ4v) is 1.93. The van der Waals surface area contributed by atoms with Crippen LogP contribution in [0.2, 0.25) is 0 Å². The molecule has 0 aliphatic carbocycles. The second kappa shape index (κ2) is 6.94. The molecule has 2 rings (SSSR count). The van der Waals surface area contributed by atoms with Crippen LogP contribution in [-0.4, -0.2) is 33.0 Å². The van der Waals surface area contributed by atoms with Crippen LogP contribution in [0.15, 0.2) is 47.3 Å². The number of hydrogen-bond acceptors (Lipinski definition) is 4. The lowest BCUT2D eigenvalue weighted by atomic mass is 10.1. The summed E-state index contributed by atoms with van der Waals surface area (Å²) in [4.78, 5) is 31.1. The lowest BCUT2D eigenvalue weighted by molar-refractivity contribution is -0.139. The SMILES string of the molecule is O=C(NC(Cc1ccncc1)C(=O)O)c1ccc(Br)cn1. The van der Waals surface area contributed by atoms with E-state index in [-0.39, 0.29) is 12.1 Å². The highest BCUT2D eigenvalue weighted by Crippen LogP contribution is 2.08. The summed E-state index contributed by atoms with van der Waals surface area (Å²) >= 11 is 3.22. The van der Waals surface area contributed by atoms with Crippen molar-refractivity contribution in [1.29, 1.82) is 0 Å². The Balaban J connectivity index is 2.07. The van der Waals surface area contributed by atoms with Gasteiger partial charge in [-0.05, 0) is 45.8 Å². The summed E-state index contributed by atoms with van der Waals surface area (Å²) in [6.45, 7) is 0. The Morgan fingerprint density at radius 2 is 1.95 bits per heavy atom. The first-order valence-corrected chi connectivity index (χ1v) is 6.89. The molecular formula is C14H12BrN3O3. The molecule has 0 fully saturated rings. The molecule has 0 aromatic carbocycles. The lowest BCUT2D eigenvalue weighted by Crippen LogP contribution is -2.42. The summed E-state index contributed by atoms with van der Waals surface area (Å²) < 4.78 is 0.741. The fourth-order valence-electron chi connectivity index (χ4n) is 1.70.